The smallest absolute Gasteiger partial charge is 0.160 e. The molecule has 128 valence electrons. The molecule has 0 amide bonds. The molecule has 4 heterocycles. The Morgan fingerprint density at radius 2 is 2.08 bits per heavy atom. The van der Waals surface area contributed by atoms with E-state index in [1.807, 2.05) is 12.1 Å². The molecule has 4 rings (SSSR count). The first-order valence-corrected chi connectivity index (χ1v) is 8.45. The highest BCUT2D eigenvalue weighted by Gasteiger charge is 2.17. The lowest BCUT2D eigenvalue weighted by Crippen LogP contribution is -2.27. The average Bonchev–Trinajstić information content (AvgIpc) is 3.22. The first-order chi connectivity index (χ1) is 12.4. The molecule has 2 N–H and O–H groups in total. The fraction of sp³-hybridized carbons (Fsp3) is 0.353. The van der Waals surface area contributed by atoms with Crippen LogP contribution in [0.25, 0.3) is 5.82 Å². The van der Waals surface area contributed by atoms with Gasteiger partial charge >= 0.3 is 0 Å². The van der Waals surface area contributed by atoms with Crippen LogP contribution in [0.5, 0.6) is 0 Å². The molecular weight excluding hydrogens is 316 g/mol. The third-order valence-corrected chi connectivity index (χ3v) is 4.41. The lowest BCUT2D eigenvalue weighted by atomic mass is 9.94. The highest BCUT2D eigenvalue weighted by Crippen LogP contribution is 2.24. The molecule has 1 aliphatic heterocycles. The van der Waals surface area contributed by atoms with Gasteiger partial charge in [0.15, 0.2) is 5.82 Å². The lowest BCUT2D eigenvalue weighted by molar-refractivity contribution is 0.453. The van der Waals surface area contributed by atoms with Crippen molar-refractivity contribution in [2.45, 2.75) is 25.3 Å². The van der Waals surface area contributed by atoms with Gasteiger partial charge in [-0.05, 0) is 32.0 Å². The van der Waals surface area contributed by atoms with Crippen molar-refractivity contribution in [3.05, 3.63) is 54.6 Å². The maximum atomic E-state index is 4.46. The number of pyridine rings is 1. The number of hydrogen-bond acceptors (Lipinski definition) is 7. The van der Waals surface area contributed by atoms with Gasteiger partial charge in [-0.3, -0.25) is 0 Å². The second-order valence-corrected chi connectivity index (χ2v) is 6.03. The molecule has 8 heteroatoms. The summed E-state index contributed by atoms with van der Waals surface area (Å²) in [4.78, 5) is 17.2. The number of nitrogens with zero attached hydrogens (tertiary/aromatic N) is 6. The van der Waals surface area contributed by atoms with E-state index in [9.17, 15) is 0 Å². The summed E-state index contributed by atoms with van der Waals surface area (Å²) in [5.74, 6) is 2.10. The van der Waals surface area contributed by atoms with Crippen molar-refractivity contribution in [3.63, 3.8) is 0 Å². The van der Waals surface area contributed by atoms with E-state index >= 15 is 0 Å². The Morgan fingerprint density at radius 3 is 2.92 bits per heavy atom. The summed E-state index contributed by atoms with van der Waals surface area (Å²) >= 11 is 0. The fourth-order valence-corrected chi connectivity index (χ4v) is 3.09. The lowest BCUT2D eigenvalue weighted by Gasteiger charge is -2.22. The largest absolute Gasteiger partial charge is 0.366 e. The van der Waals surface area contributed by atoms with Gasteiger partial charge in [-0.1, -0.05) is 6.07 Å². The third kappa shape index (κ3) is 3.63. The molecule has 0 radical (unpaired) electrons. The number of hydrogen-bond donors (Lipinski definition) is 2. The normalized spacial score (nSPS) is 15.2. The molecule has 0 bridgehead atoms. The topological polar surface area (TPSA) is 93.4 Å². The zero-order valence-electron chi connectivity index (χ0n) is 13.8. The Balaban J connectivity index is 1.49. The van der Waals surface area contributed by atoms with Gasteiger partial charge in [0, 0.05) is 36.0 Å². The maximum Gasteiger partial charge on any atom is 0.160 e. The first kappa shape index (κ1) is 15.6. The molecule has 0 atom stereocenters. The van der Waals surface area contributed by atoms with Gasteiger partial charge in [-0.2, -0.15) is 5.10 Å². The van der Waals surface area contributed by atoms with Crippen LogP contribution in [0.15, 0.2) is 43.4 Å². The van der Waals surface area contributed by atoms with Crippen molar-refractivity contribution in [2.75, 3.05) is 18.4 Å². The van der Waals surface area contributed by atoms with Crippen molar-refractivity contribution in [3.8, 4) is 5.82 Å². The summed E-state index contributed by atoms with van der Waals surface area (Å²) in [6.45, 7) is 2.70. The summed E-state index contributed by atoms with van der Waals surface area (Å²) in [5, 5.41) is 10.9. The summed E-state index contributed by atoms with van der Waals surface area (Å²) in [6, 6.07) is 5.99. The minimum absolute atomic E-state index is 0.508. The second kappa shape index (κ2) is 7.35. The van der Waals surface area contributed by atoms with Crippen LogP contribution in [0, 0.1) is 0 Å². The molecule has 8 nitrogen and oxygen atoms in total. The number of nitrogens with one attached hydrogen (secondary N) is 2. The van der Waals surface area contributed by atoms with Crippen LogP contribution in [-0.2, 0) is 6.54 Å². The fourth-order valence-electron chi connectivity index (χ4n) is 3.09. The highest BCUT2D eigenvalue weighted by molar-refractivity contribution is 5.40. The van der Waals surface area contributed by atoms with Gasteiger partial charge in [0.2, 0.25) is 0 Å². The molecule has 3 aromatic rings. The SMILES string of the molecule is c1cnc(-n2cncn2)c(CNc2cc(C3CCNCC3)ncn2)c1. The van der Waals surface area contributed by atoms with Crippen LogP contribution in [-0.4, -0.2) is 42.8 Å². The number of aromatic nitrogens is 6. The molecular formula is C17H20N8. The van der Waals surface area contributed by atoms with Gasteiger partial charge < -0.3 is 10.6 Å². The molecule has 0 aliphatic carbocycles. The molecule has 1 fully saturated rings. The van der Waals surface area contributed by atoms with E-state index in [1.165, 1.54) is 6.33 Å². The van der Waals surface area contributed by atoms with E-state index in [1.54, 1.807) is 23.5 Å². The van der Waals surface area contributed by atoms with Crippen LogP contribution in [0.4, 0.5) is 5.82 Å². The molecule has 1 aliphatic rings. The van der Waals surface area contributed by atoms with E-state index in [0.717, 1.165) is 48.8 Å². The number of rotatable bonds is 5. The van der Waals surface area contributed by atoms with Gasteiger partial charge in [-0.15, -0.1) is 0 Å². The Hall–Kier alpha value is -2.87. The quantitative estimate of drug-likeness (QED) is 0.730. The van der Waals surface area contributed by atoms with E-state index in [-0.39, 0.29) is 0 Å². The Morgan fingerprint density at radius 1 is 1.16 bits per heavy atom. The van der Waals surface area contributed by atoms with E-state index in [2.05, 4.69) is 41.7 Å². The summed E-state index contributed by atoms with van der Waals surface area (Å²) in [7, 11) is 0. The molecule has 1 saturated heterocycles. The molecule has 0 spiro atoms. The summed E-state index contributed by atoms with van der Waals surface area (Å²) in [5.41, 5.74) is 2.14. The minimum Gasteiger partial charge on any atom is -0.366 e. The molecule has 0 aromatic carbocycles. The first-order valence-electron chi connectivity index (χ1n) is 8.45. The molecule has 3 aromatic heterocycles. The van der Waals surface area contributed by atoms with Crippen molar-refractivity contribution in [1.82, 2.24) is 35.0 Å². The zero-order valence-corrected chi connectivity index (χ0v) is 13.8. The van der Waals surface area contributed by atoms with Crippen LogP contribution >= 0.6 is 0 Å². The standard InChI is InChI=1S/C17H20N8/c1-2-14(17(20-5-1)25-12-19-10-24-25)9-21-16-8-15(22-11-23-16)13-3-6-18-7-4-13/h1-2,5,8,10-13,18H,3-4,6-7,9H2,(H,21,22,23). The number of anilines is 1. The predicted molar refractivity (Wildman–Crippen MR) is 93.4 cm³/mol. The highest BCUT2D eigenvalue weighted by atomic mass is 15.3. The van der Waals surface area contributed by atoms with Crippen LogP contribution < -0.4 is 10.6 Å². The van der Waals surface area contributed by atoms with Crippen LogP contribution in [0.1, 0.15) is 30.0 Å². The summed E-state index contributed by atoms with van der Waals surface area (Å²) < 4.78 is 1.66. The second-order valence-electron chi connectivity index (χ2n) is 6.03. The number of piperidine rings is 1. The Bertz CT molecular complexity index is 811. The van der Waals surface area contributed by atoms with Gasteiger partial charge in [0.05, 0.1) is 0 Å². The van der Waals surface area contributed by atoms with Gasteiger partial charge in [0.25, 0.3) is 0 Å². The van der Waals surface area contributed by atoms with Crippen LogP contribution in [0.3, 0.4) is 0 Å². The van der Waals surface area contributed by atoms with Crippen molar-refractivity contribution < 1.29 is 0 Å². The molecule has 0 saturated carbocycles. The average molecular weight is 336 g/mol. The third-order valence-electron chi connectivity index (χ3n) is 4.41. The Labute approximate surface area is 145 Å². The summed E-state index contributed by atoms with van der Waals surface area (Å²) in [6.07, 6.45) is 8.78. The van der Waals surface area contributed by atoms with Crippen molar-refractivity contribution >= 4 is 5.82 Å². The van der Waals surface area contributed by atoms with E-state index in [0.29, 0.717) is 12.5 Å². The molecule has 25 heavy (non-hydrogen) atoms. The van der Waals surface area contributed by atoms with Crippen molar-refractivity contribution in [1.29, 1.82) is 0 Å². The van der Waals surface area contributed by atoms with Gasteiger partial charge in [0.1, 0.15) is 24.8 Å². The Kier molecular flexibility index (Phi) is 4.60. The molecule has 0 unspecified atom stereocenters. The van der Waals surface area contributed by atoms with E-state index < -0.39 is 0 Å². The minimum atomic E-state index is 0.508. The zero-order chi connectivity index (χ0) is 16.9. The van der Waals surface area contributed by atoms with Crippen molar-refractivity contribution in [2.24, 2.45) is 0 Å². The predicted octanol–water partition coefficient (Wildman–Crippen LogP) is 1.53. The van der Waals surface area contributed by atoms with Crippen LogP contribution in [0.2, 0.25) is 0 Å². The maximum absolute atomic E-state index is 4.46. The van der Waals surface area contributed by atoms with E-state index in [4.69, 9.17) is 0 Å². The van der Waals surface area contributed by atoms with Gasteiger partial charge in [-0.25, -0.2) is 24.6 Å². The monoisotopic (exact) mass is 336 g/mol.